The van der Waals surface area contributed by atoms with Gasteiger partial charge in [0, 0.05) is 17.0 Å². The molecule has 0 aliphatic carbocycles. The Labute approximate surface area is 243 Å². The van der Waals surface area contributed by atoms with Crippen molar-refractivity contribution >= 4 is 27.8 Å². The average Bonchev–Trinajstić information content (AvgIpc) is 3.19. The molecule has 0 saturated heterocycles. The Morgan fingerprint density at radius 2 is 1.55 bits per heavy atom. The van der Waals surface area contributed by atoms with Gasteiger partial charge in [-0.25, -0.2) is 13.8 Å². The zero-order valence-electron chi connectivity index (χ0n) is 23.8. The molecule has 220 valence electrons. The molecular weight excluding hydrogens is 565 g/mol. The standard InChI is InChI=1S/C31H31F3N4O3S/c1-20-12-14-28(15-13-20)42(40,41)37(27-11-7-10-26(17-27)31(32,33)34)19-29(39)36-35-18-25-16-23(4)38(24(25)5)30-21(2)8-6-9-22(30)3/h6-18H,19H2,1-5H3,(H,36,39)/b35-18+. The summed E-state index contributed by atoms with van der Waals surface area (Å²) < 4.78 is 70.1. The summed E-state index contributed by atoms with van der Waals surface area (Å²) in [5, 5.41) is 4.03. The molecule has 3 aromatic carbocycles. The van der Waals surface area contributed by atoms with E-state index in [1.807, 2.05) is 52.0 Å². The third-order valence-corrected chi connectivity index (χ3v) is 8.67. The maximum Gasteiger partial charge on any atom is 0.416 e. The zero-order chi connectivity index (χ0) is 30.8. The van der Waals surface area contributed by atoms with Gasteiger partial charge >= 0.3 is 6.18 Å². The van der Waals surface area contributed by atoms with Crippen molar-refractivity contribution in [3.8, 4) is 5.69 Å². The van der Waals surface area contributed by atoms with Gasteiger partial charge in [-0.1, -0.05) is 42.0 Å². The van der Waals surface area contributed by atoms with Crippen LogP contribution in [0, 0.1) is 34.6 Å². The molecule has 0 atom stereocenters. The van der Waals surface area contributed by atoms with Crippen LogP contribution < -0.4 is 9.73 Å². The lowest BCUT2D eigenvalue weighted by Gasteiger charge is -2.24. The highest BCUT2D eigenvalue weighted by Crippen LogP contribution is 2.33. The molecule has 0 spiro atoms. The number of hydrogen-bond donors (Lipinski definition) is 1. The van der Waals surface area contributed by atoms with Crippen molar-refractivity contribution in [3.05, 3.63) is 112 Å². The van der Waals surface area contributed by atoms with Gasteiger partial charge in [0.1, 0.15) is 6.54 Å². The summed E-state index contributed by atoms with van der Waals surface area (Å²) in [7, 11) is -4.40. The Morgan fingerprint density at radius 1 is 0.929 bits per heavy atom. The second-order valence-electron chi connectivity index (χ2n) is 10.1. The predicted molar refractivity (Wildman–Crippen MR) is 158 cm³/mol. The van der Waals surface area contributed by atoms with E-state index in [1.54, 1.807) is 19.1 Å². The highest BCUT2D eigenvalue weighted by Gasteiger charge is 2.33. The molecule has 0 bridgehead atoms. The molecule has 0 unspecified atom stereocenters. The summed E-state index contributed by atoms with van der Waals surface area (Å²) in [4.78, 5) is 12.8. The second-order valence-corrected chi connectivity index (χ2v) is 11.9. The van der Waals surface area contributed by atoms with E-state index in [1.165, 1.54) is 24.4 Å². The summed E-state index contributed by atoms with van der Waals surface area (Å²) in [6.07, 6.45) is -3.25. The van der Waals surface area contributed by atoms with Crippen molar-refractivity contribution < 1.29 is 26.4 Å². The van der Waals surface area contributed by atoms with Gasteiger partial charge in [-0.05, 0) is 82.1 Å². The van der Waals surface area contributed by atoms with E-state index < -0.39 is 34.2 Å². The van der Waals surface area contributed by atoms with E-state index in [-0.39, 0.29) is 10.6 Å². The van der Waals surface area contributed by atoms with Crippen LogP contribution in [-0.2, 0) is 21.0 Å². The first kappa shape index (κ1) is 30.6. The minimum absolute atomic E-state index is 0.166. The fourth-order valence-corrected chi connectivity index (χ4v) is 6.16. The lowest BCUT2D eigenvalue weighted by Crippen LogP contribution is -2.39. The number of para-hydroxylation sites is 1. The molecule has 0 aliphatic heterocycles. The first-order valence-corrected chi connectivity index (χ1v) is 14.5. The summed E-state index contributed by atoms with van der Waals surface area (Å²) >= 11 is 0. The Morgan fingerprint density at radius 3 is 2.17 bits per heavy atom. The van der Waals surface area contributed by atoms with Crippen LogP contribution in [0.15, 0.2) is 82.8 Å². The van der Waals surface area contributed by atoms with Crippen LogP contribution in [0.5, 0.6) is 0 Å². The lowest BCUT2D eigenvalue weighted by atomic mass is 10.1. The van der Waals surface area contributed by atoms with E-state index in [0.717, 1.165) is 51.5 Å². The number of alkyl halides is 3. The molecule has 11 heteroatoms. The fraction of sp³-hybridized carbons (Fsp3) is 0.226. The number of aromatic nitrogens is 1. The normalized spacial score (nSPS) is 12.1. The number of halogens is 3. The second kappa shape index (κ2) is 11.8. The molecule has 7 nitrogen and oxygen atoms in total. The number of nitrogens with one attached hydrogen (secondary N) is 1. The van der Waals surface area contributed by atoms with Crippen LogP contribution in [0.2, 0.25) is 0 Å². The molecule has 1 amide bonds. The van der Waals surface area contributed by atoms with Crippen LogP contribution >= 0.6 is 0 Å². The minimum atomic E-state index is -4.70. The third-order valence-electron chi connectivity index (χ3n) is 6.88. The van der Waals surface area contributed by atoms with Crippen molar-refractivity contribution in [2.24, 2.45) is 5.10 Å². The zero-order valence-corrected chi connectivity index (χ0v) is 24.6. The number of carbonyl (C=O) groups excluding carboxylic acids is 1. The molecule has 1 aromatic heterocycles. The molecule has 0 aliphatic rings. The Balaban J connectivity index is 1.62. The Bertz CT molecular complexity index is 1740. The maximum atomic E-state index is 13.5. The van der Waals surface area contributed by atoms with Crippen molar-refractivity contribution in [3.63, 3.8) is 0 Å². The number of sulfonamides is 1. The summed E-state index contributed by atoms with van der Waals surface area (Å²) in [5.74, 6) is -0.831. The smallest absolute Gasteiger partial charge is 0.317 e. The van der Waals surface area contributed by atoms with Gasteiger partial charge in [0.25, 0.3) is 15.9 Å². The molecule has 0 saturated carbocycles. The van der Waals surface area contributed by atoms with Crippen LogP contribution in [-0.4, -0.2) is 31.7 Å². The number of benzene rings is 3. The number of amides is 1. The molecule has 1 heterocycles. The van der Waals surface area contributed by atoms with Crippen molar-refractivity contribution in [2.75, 3.05) is 10.8 Å². The molecule has 4 aromatic rings. The summed E-state index contributed by atoms with van der Waals surface area (Å²) in [5.41, 5.74) is 7.59. The number of hydrogen-bond acceptors (Lipinski definition) is 4. The van der Waals surface area contributed by atoms with Crippen molar-refractivity contribution in [2.45, 2.75) is 45.7 Å². The van der Waals surface area contributed by atoms with Gasteiger partial charge < -0.3 is 4.57 Å². The van der Waals surface area contributed by atoms with Gasteiger partial charge in [-0.15, -0.1) is 0 Å². The highest BCUT2D eigenvalue weighted by molar-refractivity contribution is 7.92. The van der Waals surface area contributed by atoms with Crippen molar-refractivity contribution in [1.82, 2.24) is 9.99 Å². The van der Waals surface area contributed by atoms with Crippen LogP contribution in [0.3, 0.4) is 0 Å². The van der Waals surface area contributed by atoms with Gasteiger partial charge in [-0.2, -0.15) is 18.3 Å². The van der Waals surface area contributed by atoms with Crippen LogP contribution in [0.4, 0.5) is 18.9 Å². The molecule has 1 N–H and O–H groups in total. The number of aryl methyl sites for hydroxylation is 4. The largest absolute Gasteiger partial charge is 0.416 e. The average molecular weight is 597 g/mol. The van der Waals surface area contributed by atoms with E-state index in [2.05, 4.69) is 15.1 Å². The number of rotatable bonds is 8. The van der Waals surface area contributed by atoms with Crippen LogP contribution in [0.1, 0.15) is 39.2 Å². The minimum Gasteiger partial charge on any atom is -0.317 e. The number of anilines is 1. The van der Waals surface area contributed by atoms with Gasteiger partial charge in [0.15, 0.2) is 0 Å². The van der Waals surface area contributed by atoms with E-state index in [4.69, 9.17) is 0 Å². The molecular formula is C31H31F3N4O3S. The molecule has 0 fully saturated rings. The number of hydrazone groups is 1. The topological polar surface area (TPSA) is 83.8 Å². The first-order valence-electron chi connectivity index (χ1n) is 13.0. The van der Waals surface area contributed by atoms with Gasteiger partial charge in [0.2, 0.25) is 0 Å². The van der Waals surface area contributed by atoms with Gasteiger partial charge in [-0.3, -0.25) is 9.10 Å². The van der Waals surface area contributed by atoms with Gasteiger partial charge in [0.05, 0.1) is 28.0 Å². The predicted octanol–water partition coefficient (Wildman–Crippen LogP) is 6.38. The SMILES string of the molecule is Cc1ccc(S(=O)(=O)N(CC(=O)N/N=C/c2cc(C)n(-c3c(C)cccc3C)c2C)c2cccc(C(F)(F)F)c2)cc1. The molecule has 42 heavy (non-hydrogen) atoms. The Kier molecular flexibility index (Phi) is 8.63. The fourth-order valence-electron chi connectivity index (χ4n) is 4.75. The summed E-state index contributed by atoms with van der Waals surface area (Å²) in [6, 6.07) is 17.6. The van der Waals surface area contributed by atoms with E-state index in [9.17, 15) is 26.4 Å². The van der Waals surface area contributed by atoms with Crippen LogP contribution in [0.25, 0.3) is 5.69 Å². The number of carbonyl (C=O) groups is 1. The quantitative estimate of drug-likeness (QED) is 0.189. The maximum absolute atomic E-state index is 13.5. The van der Waals surface area contributed by atoms with E-state index >= 15 is 0 Å². The highest BCUT2D eigenvalue weighted by atomic mass is 32.2. The first-order chi connectivity index (χ1) is 19.7. The lowest BCUT2D eigenvalue weighted by molar-refractivity contribution is -0.137. The summed E-state index contributed by atoms with van der Waals surface area (Å²) in [6.45, 7) is 8.90. The Hall–Kier alpha value is -4.38. The van der Waals surface area contributed by atoms with Crippen molar-refractivity contribution in [1.29, 1.82) is 0 Å². The molecule has 4 rings (SSSR count). The molecule has 0 radical (unpaired) electrons. The third kappa shape index (κ3) is 6.41. The monoisotopic (exact) mass is 596 g/mol. The number of nitrogens with zero attached hydrogens (tertiary/aromatic N) is 3. The van der Waals surface area contributed by atoms with E-state index in [0.29, 0.717) is 10.4 Å².